The van der Waals surface area contributed by atoms with Gasteiger partial charge in [-0.3, -0.25) is 0 Å². The second-order valence-corrected chi connectivity index (χ2v) is 3.54. The fraction of sp³-hybridized carbons (Fsp3) is 0. The molecule has 0 spiro atoms. The minimum absolute atomic E-state index is 0.0690. The van der Waals surface area contributed by atoms with Gasteiger partial charge in [-0.15, -0.1) is 0 Å². The molecule has 0 aliphatic heterocycles. The van der Waals surface area contributed by atoms with Crippen molar-refractivity contribution in [3.63, 3.8) is 0 Å². The zero-order valence-electron chi connectivity index (χ0n) is 8.54. The molecule has 0 unspecified atom stereocenters. The number of rotatable bonds is 2. The van der Waals surface area contributed by atoms with E-state index in [1.54, 1.807) is 0 Å². The predicted molar refractivity (Wildman–Crippen MR) is 59.5 cm³/mol. The van der Waals surface area contributed by atoms with Gasteiger partial charge in [0.1, 0.15) is 11.3 Å². The van der Waals surface area contributed by atoms with Gasteiger partial charge in [0.15, 0.2) is 0 Å². The van der Waals surface area contributed by atoms with Gasteiger partial charge in [-0.05, 0) is 35.0 Å². The standard InChI is InChI=1S/C12H8O5/c13-10-5-6-1-2-7(11(14)15)3-8(6)4-9(10)12(16)17/h1-5,13H,(H,14,15)(H,16,17). The number of aromatic carboxylic acids is 2. The maximum absolute atomic E-state index is 10.8. The largest absolute Gasteiger partial charge is 0.507 e. The van der Waals surface area contributed by atoms with Gasteiger partial charge in [-0.25, -0.2) is 9.59 Å². The van der Waals surface area contributed by atoms with Crippen molar-refractivity contribution in [2.45, 2.75) is 0 Å². The van der Waals surface area contributed by atoms with Crippen molar-refractivity contribution in [3.8, 4) is 5.75 Å². The average Bonchev–Trinajstić information content (AvgIpc) is 2.27. The summed E-state index contributed by atoms with van der Waals surface area (Å²) in [4.78, 5) is 21.6. The predicted octanol–water partition coefficient (Wildman–Crippen LogP) is 1.94. The van der Waals surface area contributed by atoms with Crippen LogP contribution in [0, 0.1) is 0 Å². The van der Waals surface area contributed by atoms with Crippen molar-refractivity contribution in [2.75, 3.05) is 0 Å². The molecule has 2 aromatic carbocycles. The van der Waals surface area contributed by atoms with Gasteiger partial charge in [-0.1, -0.05) is 6.07 Å². The van der Waals surface area contributed by atoms with Crippen molar-refractivity contribution < 1.29 is 24.9 Å². The second-order valence-electron chi connectivity index (χ2n) is 3.54. The van der Waals surface area contributed by atoms with E-state index >= 15 is 0 Å². The van der Waals surface area contributed by atoms with Crippen LogP contribution in [-0.2, 0) is 0 Å². The van der Waals surface area contributed by atoms with Crippen LogP contribution in [0.25, 0.3) is 10.8 Å². The molecule has 5 nitrogen and oxygen atoms in total. The van der Waals surface area contributed by atoms with Gasteiger partial charge in [0.2, 0.25) is 0 Å². The number of benzene rings is 2. The van der Waals surface area contributed by atoms with E-state index in [0.717, 1.165) is 0 Å². The SMILES string of the molecule is O=C(O)c1ccc2cc(O)c(C(=O)O)cc2c1. The van der Waals surface area contributed by atoms with E-state index in [9.17, 15) is 14.7 Å². The summed E-state index contributed by atoms with van der Waals surface area (Å²) in [6.45, 7) is 0. The van der Waals surface area contributed by atoms with Crippen LogP contribution in [0.4, 0.5) is 0 Å². The van der Waals surface area contributed by atoms with Gasteiger partial charge in [0.05, 0.1) is 5.56 Å². The van der Waals surface area contributed by atoms with Crippen molar-refractivity contribution in [2.24, 2.45) is 0 Å². The second kappa shape index (κ2) is 3.79. The molecule has 0 bridgehead atoms. The van der Waals surface area contributed by atoms with Crippen LogP contribution in [-0.4, -0.2) is 27.3 Å². The van der Waals surface area contributed by atoms with Crippen molar-refractivity contribution >= 4 is 22.7 Å². The lowest BCUT2D eigenvalue weighted by Gasteiger charge is -2.04. The molecule has 2 aromatic rings. The molecule has 3 N–H and O–H groups in total. The number of hydrogen-bond donors (Lipinski definition) is 3. The summed E-state index contributed by atoms with van der Waals surface area (Å²) in [6, 6.07) is 6.82. The van der Waals surface area contributed by atoms with Gasteiger partial charge in [-0.2, -0.15) is 0 Å². The normalized spacial score (nSPS) is 10.4. The van der Waals surface area contributed by atoms with E-state index in [1.165, 1.54) is 30.3 Å². The lowest BCUT2D eigenvalue weighted by molar-refractivity contribution is 0.0685. The Bertz CT molecular complexity index is 630. The van der Waals surface area contributed by atoms with Gasteiger partial charge < -0.3 is 15.3 Å². The zero-order valence-corrected chi connectivity index (χ0v) is 8.54. The van der Waals surface area contributed by atoms with Crippen LogP contribution in [0.3, 0.4) is 0 Å². The third kappa shape index (κ3) is 1.90. The Kier molecular flexibility index (Phi) is 2.44. The third-order valence-corrected chi connectivity index (χ3v) is 2.43. The first-order chi connectivity index (χ1) is 7.99. The first-order valence-electron chi connectivity index (χ1n) is 4.72. The fourth-order valence-corrected chi connectivity index (χ4v) is 1.59. The highest BCUT2D eigenvalue weighted by Gasteiger charge is 2.12. The third-order valence-electron chi connectivity index (χ3n) is 2.43. The number of phenols is 1. The lowest BCUT2D eigenvalue weighted by Crippen LogP contribution is -1.98. The Morgan fingerprint density at radius 3 is 2.18 bits per heavy atom. The van der Waals surface area contributed by atoms with E-state index in [0.29, 0.717) is 10.8 Å². The van der Waals surface area contributed by atoms with Crippen molar-refractivity contribution in [1.82, 2.24) is 0 Å². The number of fused-ring (bicyclic) bond motifs is 1. The van der Waals surface area contributed by atoms with Crippen LogP contribution in [0.5, 0.6) is 5.75 Å². The molecule has 0 saturated carbocycles. The summed E-state index contributed by atoms with van der Waals surface area (Å²) in [7, 11) is 0. The van der Waals surface area contributed by atoms with E-state index < -0.39 is 11.9 Å². The first kappa shape index (κ1) is 10.9. The highest BCUT2D eigenvalue weighted by atomic mass is 16.4. The summed E-state index contributed by atoms with van der Waals surface area (Å²) in [5.41, 5.74) is -0.181. The van der Waals surface area contributed by atoms with Crippen LogP contribution in [0.15, 0.2) is 30.3 Å². The number of hydrogen-bond acceptors (Lipinski definition) is 3. The van der Waals surface area contributed by atoms with Crippen LogP contribution >= 0.6 is 0 Å². The number of aromatic hydroxyl groups is 1. The van der Waals surface area contributed by atoms with Crippen LogP contribution < -0.4 is 0 Å². The Morgan fingerprint density at radius 1 is 0.882 bits per heavy atom. The summed E-state index contributed by atoms with van der Waals surface area (Å²) in [5, 5.41) is 28.1. The maximum atomic E-state index is 10.8. The molecule has 0 aromatic heterocycles. The molecule has 0 radical (unpaired) electrons. The molecule has 86 valence electrons. The molecule has 17 heavy (non-hydrogen) atoms. The number of carbonyl (C=O) groups is 2. The monoisotopic (exact) mass is 232 g/mol. The highest BCUT2D eigenvalue weighted by molar-refractivity contribution is 6.00. The molecule has 2 rings (SSSR count). The Labute approximate surface area is 95.5 Å². The van der Waals surface area contributed by atoms with Crippen LogP contribution in [0.1, 0.15) is 20.7 Å². The maximum Gasteiger partial charge on any atom is 0.339 e. The lowest BCUT2D eigenvalue weighted by atomic mass is 10.0. The van der Waals surface area contributed by atoms with Gasteiger partial charge >= 0.3 is 11.9 Å². The quantitative estimate of drug-likeness (QED) is 0.735. The Morgan fingerprint density at radius 2 is 1.59 bits per heavy atom. The summed E-state index contributed by atoms with van der Waals surface area (Å²) in [6.07, 6.45) is 0. The summed E-state index contributed by atoms with van der Waals surface area (Å²) in [5.74, 6) is -2.69. The molecule has 0 fully saturated rings. The molecule has 0 heterocycles. The first-order valence-corrected chi connectivity index (χ1v) is 4.72. The average molecular weight is 232 g/mol. The Balaban J connectivity index is 2.72. The summed E-state index contributed by atoms with van der Waals surface area (Å²) < 4.78 is 0. The van der Waals surface area contributed by atoms with E-state index in [4.69, 9.17) is 10.2 Å². The molecule has 0 aliphatic rings. The smallest absolute Gasteiger partial charge is 0.339 e. The fourth-order valence-electron chi connectivity index (χ4n) is 1.59. The highest BCUT2D eigenvalue weighted by Crippen LogP contribution is 2.25. The topological polar surface area (TPSA) is 94.8 Å². The molecule has 0 amide bonds. The van der Waals surface area contributed by atoms with E-state index in [2.05, 4.69) is 0 Å². The molecule has 0 aliphatic carbocycles. The molecule has 0 atom stereocenters. The van der Waals surface area contributed by atoms with Crippen molar-refractivity contribution in [3.05, 3.63) is 41.5 Å². The van der Waals surface area contributed by atoms with Crippen molar-refractivity contribution in [1.29, 1.82) is 0 Å². The molecule has 5 heteroatoms. The zero-order chi connectivity index (χ0) is 12.6. The minimum atomic E-state index is -1.26. The Hall–Kier alpha value is -2.56. The number of carboxylic acid groups (broad SMARTS) is 2. The summed E-state index contributed by atoms with van der Waals surface area (Å²) >= 11 is 0. The minimum Gasteiger partial charge on any atom is -0.507 e. The van der Waals surface area contributed by atoms with E-state index in [-0.39, 0.29) is 16.9 Å². The van der Waals surface area contributed by atoms with Crippen LogP contribution in [0.2, 0.25) is 0 Å². The van der Waals surface area contributed by atoms with Gasteiger partial charge in [0.25, 0.3) is 0 Å². The number of carboxylic acids is 2. The molecular formula is C12H8O5. The molecule has 0 saturated heterocycles. The van der Waals surface area contributed by atoms with E-state index in [1.807, 2.05) is 0 Å². The van der Waals surface area contributed by atoms with Gasteiger partial charge in [0, 0.05) is 0 Å². The molecular weight excluding hydrogens is 224 g/mol.